The van der Waals surface area contributed by atoms with E-state index in [0.29, 0.717) is 0 Å². The van der Waals surface area contributed by atoms with Crippen LogP contribution in [-0.4, -0.2) is 14.6 Å². The van der Waals surface area contributed by atoms with Crippen LogP contribution in [-0.2, 0) is 6.42 Å². The van der Waals surface area contributed by atoms with Crippen LogP contribution in [0.15, 0.2) is 79.1 Å². The highest BCUT2D eigenvalue weighted by Gasteiger charge is 2.10. The Hall–Kier alpha value is -2.94. The highest BCUT2D eigenvalue weighted by Crippen LogP contribution is 2.21. The summed E-state index contributed by atoms with van der Waals surface area (Å²) in [6.45, 7) is 0. The third kappa shape index (κ3) is 2.27. The Morgan fingerprint density at radius 2 is 1.55 bits per heavy atom. The van der Waals surface area contributed by atoms with Crippen LogP contribution in [0.25, 0.3) is 16.9 Å². The third-order valence-corrected chi connectivity index (χ3v) is 3.78. The lowest BCUT2D eigenvalue weighted by Crippen LogP contribution is -1.96. The number of hydrogen-bond donors (Lipinski definition) is 0. The van der Waals surface area contributed by atoms with Crippen LogP contribution in [0.1, 0.15) is 11.1 Å². The van der Waals surface area contributed by atoms with E-state index >= 15 is 0 Å². The van der Waals surface area contributed by atoms with Crippen molar-refractivity contribution in [3.8, 4) is 11.3 Å². The molecule has 0 atom stereocenters. The number of benzene rings is 2. The Kier molecular flexibility index (Phi) is 3.16. The number of rotatable bonds is 3. The van der Waals surface area contributed by atoms with Gasteiger partial charge in [0.1, 0.15) is 0 Å². The second-order valence-corrected chi connectivity index (χ2v) is 5.26. The molecule has 0 radical (unpaired) electrons. The van der Waals surface area contributed by atoms with Crippen LogP contribution < -0.4 is 0 Å². The summed E-state index contributed by atoms with van der Waals surface area (Å²) in [5.74, 6) is 0. The summed E-state index contributed by atoms with van der Waals surface area (Å²) in [6.07, 6.45) is 4.62. The molecule has 2 heterocycles. The Balaban J connectivity index is 1.80. The average Bonchev–Trinajstić information content (AvgIpc) is 3.00. The van der Waals surface area contributed by atoms with Gasteiger partial charge in [-0.1, -0.05) is 60.7 Å². The summed E-state index contributed by atoms with van der Waals surface area (Å²) >= 11 is 0. The van der Waals surface area contributed by atoms with Crippen molar-refractivity contribution in [1.29, 1.82) is 0 Å². The highest BCUT2D eigenvalue weighted by molar-refractivity contribution is 5.63. The van der Waals surface area contributed by atoms with Crippen LogP contribution >= 0.6 is 0 Å². The first-order valence-corrected chi connectivity index (χ1v) is 7.33. The molecule has 4 aromatic rings. The zero-order valence-corrected chi connectivity index (χ0v) is 12.1. The van der Waals surface area contributed by atoms with Gasteiger partial charge in [0.25, 0.3) is 0 Å². The van der Waals surface area contributed by atoms with Gasteiger partial charge in [0, 0.05) is 23.7 Å². The molecule has 0 saturated carbocycles. The molecule has 2 aromatic carbocycles. The van der Waals surface area contributed by atoms with Crippen LogP contribution in [0.2, 0.25) is 0 Å². The molecule has 0 bridgehead atoms. The van der Waals surface area contributed by atoms with Crippen molar-refractivity contribution in [2.75, 3.05) is 0 Å². The van der Waals surface area contributed by atoms with E-state index < -0.39 is 0 Å². The predicted molar refractivity (Wildman–Crippen MR) is 87.7 cm³/mol. The van der Waals surface area contributed by atoms with Crippen molar-refractivity contribution < 1.29 is 0 Å². The molecule has 3 heteroatoms. The molecule has 0 saturated heterocycles. The number of hydrogen-bond acceptors (Lipinski definition) is 2. The van der Waals surface area contributed by atoms with Crippen molar-refractivity contribution in [2.24, 2.45) is 0 Å². The second kappa shape index (κ2) is 5.45. The molecule has 2 aromatic heterocycles. The van der Waals surface area contributed by atoms with E-state index in [1.165, 1.54) is 5.56 Å². The van der Waals surface area contributed by atoms with Crippen molar-refractivity contribution in [3.05, 3.63) is 90.3 Å². The van der Waals surface area contributed by atoms with Crippen molar-refractivity contribution >= 4 is 5.65 Å². The minimum absolute atomic E-state index is 0.843. The van der Waals surface area contributed by atoms with E-state index in [2.05, 4.69) is 46.5 Å². The Morgan fingerprint density at radius 1 is 0.818 bits per heavy atom. The summed E-state index contributed by atoms with van der Waals surface area (Å²) in [7, 11) is 0. The quantitative estimate of drug-likeness (QED) is 0.570. The molecule has 4 rings (SSSR count). The SMILES string of the molecule is c1ccc(Cc2cnn3c(-c4ccccc4)ccnc23)cc1. The molecule has 0 unspecified atom stereocenters. The molecule has 22 heavy (non-hydrogen) atoms. The Bertz CT molecular complexity index is 896. The van der Waals surface area contributed by atoms with Crippen LogP contribution in [0.4, 0.5) is 0 Å². The number of nitrogens with zero attached hydrogens (tertiary/aromatic N) is 3. The molecule has 0 spiro atoms. The van der Waals surface area contributed by atoms with Gasteiger partial charge in [-0.2, -0.15) is 5.10 Å². The molecule has 106 valence electrons. The van der Waals surface area contributed by atoms with E-state index in [4.69, 9.17) is 0 Å². The van der Waals surface area contributed by atoms with Gasteiger partial charge in [-0.3, -0.25) is 0 Å². The minimum atomic E-state index is 0.843. The van der Waals surface area contributed by atoms with Gasteiger partial charge in [-0.15, -0.1) is 0 Å². The lowest BCUT2D eigenvalue weighted by atomic mass is 10.1. The maximum absolute atomic E-state index is 4.55. The number of aromatic nitrogens is 3. The molecular weight excluding hydrogens is 270 g/mol. The van der Waals surface area contributed by atoms with Crippen molar-refractivity contribution in [2.45, 2.75) is 6.42 Å². The van der Waals surface area contributed by atoms with Crippen LogP contribution in [0.5, 0.6) is 0 Å². The zero-order chi connectivity index (χ0) is 14.8. The molecule has 3 nitrogen and oxygen atoms in total. The van der Waals surface area contributed by atoms with E-state index in [9.17, 15) is 0 Å². The van der Waals surface area contributed by atoms with E-state index in [1.807, 2.05) is 47.2 Å². The second-order valence-electron chi connectivity index (χ2n) is 5.26. The Morgan fingerprint density at radius 3 is 2.32 bits per heavy atom. The fourth-order valence-electron chi connectivity index (χ4n) is 2.71. The fraction of sp³-hybridized carbons (Fsp3) is 0.0526. The normalized spacial score (nSPS) is 10.9. The van der Waals surface area contributed by atoms with Gasteiger partial charge in [-0.05, 0) is 11.6 Å². The zero-order valence-electron chi connectivity index (χ0n) is 12.1. The van der Waals surface area contributed by atoms with E-state index in [-0.39, 0.29) is 0 Å². The molecule has 0 aliphatic heterocycles. The molecule has 0 fully saturated rings. The maximum Gasteiger partial charge on any atom is 0.159 e. The maximum atomic E-state index is 4.55. The van der Waals surface area contributed by atoms with Crippen molar-refractivity contribution in [3.63, 3.8) is 0 Å². The third-order valence-electron chi connectivity index (χ3n) is 3.78. The minimum Gasteiger partial charge on any atom is -0.237 e. The molecule has 0 N–H and O–H groups in total. The van der Waals surface area contributed by atoms with E-state index in [1.54, 1.807) is 0 Å². The van der Waals surface area contributed by atoms with Gasteiger partial charge < -0.3 is 0 Å². The monoisotopic (exact) mass is 285 g/mol. The van der Waals surface area contributed by atoms with Crippen LogP contribution in [0.3, 0.4) is 0 Å². The van der Waals surface area contributed by atoms with Gasteiger partial charge in [0.15, 0.2) is 5.65 Å². The first-order chi connectivity index (χ1) is 10.9. The van der Waals surface area contributed by atoms with Gasteiger partial charge >= 0.3 is 0 Å². The van der Waals surface area contributed by atoms with Gasteiger partial charge in [-0.25, -0.2) is 9.50 Å². The topological polar surface area (TPSA) is 30.2 Å². The number of fused-ring (bicyclic) bond motifs is 1. The highest BCUT2D eigenvalue weighted by atomic mass is 15.3. The predicted octanol–water partition coefficient (Wildman–Crippen LogP) is 3.99. The molecule has 0 aliphatic carbocycles. The summed E-state index contributed by atoms with van der Waals surface area (Å²) in [5, 5.41) is 4.55. The summed E-state index contributed by atoms with van der Waals surface area (Å²) < 4.78 is 1.92. The first-order valence-electron chi connectivity index (χ1n) is 7.33. The summed E-state index contributed by atoms with van der Waals surface area (Å²) in [5.41, 5.74) is 5.53. The fourth-order valence-corrected chi connectivity index (χ4v) is 2.71. The molecule has 0 amide bonds. The standard InChI is InChI=1S/C19H15N3/c1-3-7-15(8-4-1)13-17-14-21-22-18(11-12-20-19(17)22)16-9-5-2-6-10-16/h1-12,14H,13H2. The Labute approximate surface area is 128 Å². The van der Waals surface area contributed by atoms with E-state index in [0.717, 1.165) is 28.9 Å². The lowest BCUT2D eigenvalue weighted by Gasteiger charge is -2.05. The summed E-state index contributed by atoms with van der Waals surface area (Å²) in [6, 6.07) is 22.7. The molecular formula is C19H15N3. The smallest absolute Gasteiger partial charge is 0.159 e. The summed E-state index contributed by atoms with van der Waals surface area (Å²) in [4.78, 5) is 4.52. The van der Waals surface area contributed by atoms with Crippen LogP contribution in [0, 0.1) is 0 Å². The van der Waals surface area contributed by atoms with Gasteiger partial charge in [0.05, 0.1) is 11.9 Å². The van der Waals surface area contributed by atoms with Crippen molar-refractivity contribution in [1.82, 2.24) is 14.6 Å². The first kappa shape index (κ1) is 12.8. The molecule has 0 aliphatic rings. The largest absolute Gasteiger partial charge is 0.237 e. The average molecular weight is 285 g/mol. The van der Waals surface area contributed by atoms with Gasteiger partial charge in [0.2, 0.25) is 0 Å². The lowest BCUT2D eigenvalue weighted by molar-refractivity contribution is 0.948.